The lowest BCUT2D eigenvalue weighted by atomic mass is 10.2. The average Bonchev–Trinajstić information content (AvgIpc) is 2.93. The minimum Gasteiger partial charge on any atom is -0.744 e. The summed E-state index contributed by atoms with van der Waals surface area (Å²) >= 11 is 0. The van der Waals surface area contributed by atoms with Gasteiger partial charge in [0, 0.05) is 12.0 Å². The van der Waals surface area contributed by atoms with Crippen molar-refractivity contribution < 1.29 is 27.4 Å². The third kappa shape index (κ3) is 7.04. The Labute approximate surface area is 133 Å². The van der Waals surface area contributed by atoms with Gasteiger partial charge in [-0.25, -0.2) is 8.42 Å². The number of carboxylic acid groups (broad SMARTS) is 1. The Morgan fingerprint density at radius 3 is 2.35 bits per heavy atom. The Morgan fingerprint density at radius 1 is 1.30 bits per heavy atom. The number of hydrogen-bond donors (Lipinski definition) is 1. The van der Waals surface area contributed by atoms with E-state index in [0.29, 0.717) is 17.9 Å². The second-order valence-electron chi connectivity index (χ2n) is 4.63. The van der Waals surface area contributed by atoms with E-state index >= 15 is 0 Å². The highest BCUT2D eigenvalue weighted by Gasteiger charge is 2.01. The average molecular weight is 340 g/mol. The Hall–Kier alpha value is -2.23. The third-order valence-electron chi connectivity index (χ3n) is 2.70. The molecule has 0 atom stereocenters. The predicted molar refractivity (Wildman–Crippen MR) is 76.9 cm³/mol. The van der Waals surface area contributed by atoms with Crippen LogP contribution in [-0.4, -0.2) is 24.1 Å². The third-order valence-corrected chi connectivity index (χ3v) is 3.55. The van der Waals surface area contributed by atoms with Gasteiger partial charge >= 0.3 is 0 Å². The maximum atomic E-state index is 10.4. The van der Waals surface area contributed by atoms with Crippen LogP contribution in [0.4, 0.5) is 0 Å². The highest BCUT2D eigenvalue weighted by Crippen LogP contribution is 2.08. The Balaban J connectivity index is 0.000000231. The van der Waals surface area contributed by atoms with E-state index in [4.69, 9.17) is 10.3 Å². The molecule has 0 saturated heterocycles. The molecule has 0 unspecified atom stereocenters. The molecule has 126 valence electrons. The number of rotatable bonds is 5. The molecular formula is C14H16N2O6S-2. The summed E-state index contributed by atoms with van der Waals surface area (Å²) in [6.45, 7) is 2.10. The van der Waals surface area contributed by atoms with Crippen molar-refractivity contribution in [2.75, 3.05) is 0 Å². The van der Waals surface area contributed by atoms with Gasteiger partial charge in [-0.1, -0.05) is 22.9 Å². The van der Waals surface area contributed by atoms with Crippen LogP contribution in [-0.2, 0) is 27.9 Å². The predicted octanol–water partition coefficient (Wildman–Crippen LogP) is -0.285. The number of aromatic nitrogens is 1. The van der Waals surface area contributed by atoms with Crippen LogP contribution in [0.25, 0.3) is 0 Å². The van der Waals surface area contributed by atoms with Gasteiger partial charge in [0.1, 0.15) is 10.1 Å². The van der Waals surface area contributed by atoms with Crippen molar-refractivity contribution in [1.82, 2.24) is 5.16 Å². The fourth-order valence-corrected chi connectivity index (χ4v) is 1.97. The lowest BCUT2D eigenvalue weighted by Crippen LogP contribution is -2.22. The number of hydrogen-bond acceptors (Lipinski definition) is 8. The molecule has 2 aromatic rings. The molecule has 1 heterocycles. The zero-order valence-electron chi connectivity index (χ0n) is 12.4. The fourth-order valence-electron chi connectivity index (χ4n) is 1.50. The maximum absolute atomic E-state index is 10.4. The van der Waals surface area contributed by atoms with Gasteiger partial charge in [-0.3, -0.25) is 0 Å². The number of carbonyl (C=O) groups is 1. The summed E-state index contributed by atoms with van der Waals surface area (Å²) in [4.78, 5) is 9.88. The van der Waals surface area contributed by atoms with Gasteiger partial charge in [0.25, 0.3) is 0 Å². The zero-order valence-corrected chi connectivity index (χ0v) is 13.2. The van der Waals surface area contributed by atoms with E-state index in [2.05, 4.69) is 5.16 Å². The van der Waals surface area contributed by atoms with Crippen molar-refractivity contribution in [3.8, 4) is 0 Å². The van der Waals surface area contributed by atoms with Crippen LogP contribution in [0.5, 0.6) is 0 Å². The van der Waals surface area contributed by atoms with Crippen LogP contribution in [0.3, 0.4) is 0 Å². The molecule has 0 aliphatic carbocycles. The topological polar surface area (TPSA) is 149 Å². The molecule has 1 aromatic carbocycles. The van der Waals surface area contributed by atoms with Gasteiger partial charge in [-0.2, -0.15) is 0 Å². The highest BCUT2D eigenvalue weighted by molar-refractivity contribution is 7.85. The molecule has 2 N–H and O–H groups in total. The number of aryl methyl sites for hydroxylation is 2. The summed E-state index contributed by atoms with van der Waals surface area (Å²) in [5.74, 6) is -0.532. The molecule has 23 heavy (non-hydrogen) atoms. The quantitative estimate of drug-likeness (QED) is 0.730. The van der Waals surface area contributed by atoms with Crippen LogP contribution in [0.15, 0.2) is 39.8 Å². The number of nitrogens with zero attached hydrogens (tertiary/aromatic N) is 1. The molecule has 9 heteroatoms. The summed E-state index contributed by atoms with van der Waals surface area (Å²) in [5.41, 5.74) is 6.78. The standard InChI is InChI=1S/C7H10N2O3.C7H8O3S/c8-4-6-3-5(9-12-6)1-2-7(10)11;1-6-2-4-7(5-3-6)11(8,9)10/h3H,1-2,4,8H2,(H,10,11);2-5H,1H3,(H,8,9,10)/p-2. The first-order valence-corrected chi connectivity index (χ1v) is 8.00. The van der Waals surface area contributed by atoms with Crippen LogP contribution in [0.1, 0.15) is 23.4 Å². The Morgan fingerprint density at radius 2 is 1.91 bits per heavy atom. The second kappa shape index (κ2) is 8.42. The molecule has 0 saturated carbocycles. The monoisotopic (exact) mass is 340 g/mol. The summed E-state index contributed by atoms with van der Waals surface area (Å²) < 4.78 is 35.9. The summed E-state index contributed by atoms with van der Waals surface area (Å²) in [5, 5.41) is 13.7. The molecule has 2 rings (SSSR count). The molecule has 8 nitrogen and oxygen atoms in total. The van der Waals surface area contributed by atoms with Crippen molar-refractivity contribution in [2.45, 2.75) is 31.2 Å². The maximum Gasteiger partial charge on any atom is 0.150 e. The van der Waals surface area contributed by atoms with Crippen molar-refractivity contribution >= 4 is 16.1 Å². The minimum atomic E-state index is -4.27. The van der Waals surface area contributed by atoms with Gasteiger partial charge in [0.05, 0.1) is 17.1 Å². The summed E-state index contributed by atoms with van der Waals surface area (Å²) in [7, 11) is -4.27. The molecule has 0 amide bonds. The molecule has 0 aliphatic heterocycles. The molecule has 0 aliphatic rings. The van der Waals surface area contributed by atoms with Gasteiger partial charge in [-0.05, 0) is 31.9 Å². The van der Waals surface area contributed by atoms with Crippen LogP contribution in [0.2, 0.25) is 0 Å². The number of carbonyl (C=O) groups excluding carboxylic acids is 1. The van der Waals surface area contributed by atoms with E-state index in [1.54, 1.807) is 18.2 Å². The van der Waals surface area contributed by atoms with E-state index in [1.165, 1.54) is 12.1 Å². The molecule has 0 bridgehead atoms. The van der Waals surface area contributed by atoms with E-state index in [-0.39, 0.29) is 17.9 Å². The van der Waals surface area contributed by atoms with E-state index < -0.39 is 16.1 Å². The van der Waals surface area contributed by atoms with Crippen molar-refractivity contribution in [3.63, 3.8) is 0 Å². The first kappa shape index (κ1) is 18.8. The van der Waals surface area contributed by atoms with Crippen LogP contribution < -0.4 is 10.8 Å². The SMILES string of the molecule is Cc1ccc(S(=O)(=O)[O-])cc1.NCc1cc(CCC(=O)[O-])no1. The van der Waals surface area contributed by atoms with Crippen LogP contribution >= 0.6 is 0 Å². The largest absolute Gasteiger partial charge is 0.744 e. The normalized spacial score (nSPS) is 10.7. The molecule has 0 radical (unpaired) electrons. The molecular weight excluding hydrogens is 324 g/mol. The number of aliphatic carboxylic acids is 1. The van der Waals surface area contributed by atoms with Crippen molar-refractivity contribution in [2.24, 2.45) is 5.73 Å². The lowest BCUT2D eigenvalue weighted by Gasteiger charge is -2.05. The number of carboxylic acids is 1. The first-order chi connectivity index (χ1) is 10.7. The Kier molecular flexibility index (Phi) is 6.89. The molecule has 0 spiro atoms. The van der Waals surface area contributed by atoms with Crippen molar-refractivity contribution in [1.29, 1.82) is 0 Å². The fraction of sp³-hybridized carbons (Fsp3) is 0.286. The van der Waals surface area contributed by atoms with Crippen molar-refractivity contribution in [3.05, 3.63) is 47.3 Å². The highest BCUT2D eigenvalue weighted by atomic mass is 32.2. The zero-order chi connectivity index (χ0) is 17.5. The Bertz CT molecular complexity index is 737. The van der Waals surface area contributed by atoms with Gasteiger partial charge in [0.15, 0.2) is 5.76 Å². The first-order valence-electron chi connectivity index (χ1n) is 6.59. The smallest absolute Gasteiger partial charge is 0.150 e. The second-order valence-corrected chi connectivity index (χ2v) is 6.01. The van der Waals surface area contributed by atoms with E-state index in [9.17, 15) is 22.9 Å². The van der Waals surface area contributed by atoms with Crippen LogP contribution in [0, 0.1) is 6.92 Å². The number of nitrogens with two attached hydrogens (primary N) is 1. The lowest BCUT2D eigenvalue weighted by molar-refractivity contribution is -0.305. The van der Waals surface area contributed by atoms with Gasteiger partial charge < -0.3 is 24.7 Å². The number of benzene rings is 1. The molecule has 1 aromatic heterocycles. The van der Waals surface area contributed by atoms with Gasteiger partial charge in [-0.15, -0.1) is 0 Å². The minimum absolute atomic E-state index is 0.0451. The van der Waals surface area contributed by atoms with E-state index in [0.717, 1.165) is 5.56 Å². The summed E-state index contributed by atoms with van der Waals surface area (Å²) in [6.07, 6.45) is 0.280. The van der Waals surface area contributed by atoms with E-state index in [1.807, 2.05) is 6.92 Å². The summed E-state index contributed by atoms with van der Waals surface area (Å²) in [6, 6.07) is 7.42. The van der Waals surface area contributed by atoms with Gasteiger partial charge in [0.2, 0.25) is 0 Å². The molecule has 0 fully saturated rings.